The minimum absolute atomic E-state index is 0.0891. The molecule has 2 N–H and O–H groups in total. The fourth-order valence-electron chi connectivity index (χ4n) is 4.70. The number of esters is 2. The van der Waals surface area contributed by atoms with E-state index in [2.05, 4.69) is 6.58 Å². The molecule has 3 aliphatic rings. The van der Waals surface area contributed by atoms with Crippen molar-refractivity contribution in [3.63, 3.8) is 0 Å². The van der Waals surface area contributed by atoms with Crippen LogP contribution < -0.4 is 0 Å². The van der Waals surface area contributed by atoms with Crippen molar-refractivity contribution in [2.24, 2.45) is 10.8 Å². The van der Waals surface area contributed by atoms with Gasteiger partial charge in [0.25, 0.3) is 10.1 Å². The molecule has 2 bridgehead atoms. The maximum atomic E-state index is 12.3. The Morgan fingerprint density at radius 1 is 1.35 bits per heavy atom. The molecule has 26 heavy (non-hydrogen) atoms. The lowest BCUT2D eigenvalue weighted by molar-refractivity contribution is -0.172. The summed E-state index contributed by atoms with van der Waals surface area (Å²) in [4.78, 5) is 23.5. The quantitative estimate of drug-likeness (QED) is 0.327. The molecule has 5 unspecified atom stereocenters. The first kappa shape index (κ1) is 19.3. The normalized spacial score (nSPS) is 39.0. The van der Waals surface area contributed by atoms with Gasteiger partial charge < -0.3 is 19.7 Å². The van der Waals surface area contributed by atoms with Crippen molar-refractivity contribution in [2.75, 3.05) is 19.8 Å². The molecule has 1 aliphatic heterocycles. The van der Waals surface area contributed by atoms with Crippen LogP contribution in [0.3, 0.4) is 0 Å². The number of carbonyl (C=O) groups is 2. The number of fused-ring (bicyclic) bond motifs is 1. The highest BCUT2D eigenvalue weighted by atomic mass is 32.2. The van der Waals surface area contributed by atoms with Crippen LogP contribution in [-0.2, 0) is 33.4 Å². The van der Waals surface area contributed by atoms with E-state index in [1.165, 1.54) is 6.92 Å². The second-order valence-corrected chi connectivity index (χ2v) is 9.12. The smallest absolute Gasteiger partial charge is 0.344 e. The fourth-order valence-corrected chi connectivity index (χ4v) is 6.87. The highest BCUT2D eigenvalue weighted by Gasteiger charge is 2.78. The van der Waals surface area contributed by atoms with Crippen molar-refractivity contribution in [3.8, 4) is 0 Å². The maximum absolute atomic E-state index is 12.3. The van der Waals surface area contributed by atoms with Gasteiger partial charge in [-0.3, -0.25) is 4.18 Å². The highest BCUT2D eigenvalue weighted by molar-refractivity contribution is 7.87. The van der Waals surface area contributed by atoms with E-state index in [0.717, 1.165) is 0 Å². The maximum Gasteiger partial charge on any atom is 0.344 e. The molecule has 10 heteroatoms. The Morgan fingerprint density at radius 3 is 2.62 bits per heavy atom. The topological polar surface area (TPSA) is 136 Å². The van der Waals surface area contributed by atoms with Gasteiger partial charge >= 0.3 is 11.9 Å². The summed E-state index contributed by atoms with van der Waals surface area (Å²) in [5, 5.41) is 18.5. The average molecular weight is 390 g/mol. The summed E-state index contributed by atoms with van der Waals surface area (Å²) in [6.07, 6.45) is -1.43. The molecular weight excluding hydrogens is 368 g/mol. The van der Waals surface area contributed by atoms with Crippen molar-refractivity contribution in [2.45, 2.75) is 43.6 Å². The van der Waals surface area contributed by atoms with E-state index in [-0.39, 0.29) is 38.0 Å². The Labute approximate surface area is 151 Å². The van der Waals surface area contributed by atoms with Crippen LogP contribution >= 0.6 is 0 Å². The van der Waals surface area contributed by atoms with E-state index >= 15 is 0 Å². The van der Waals surface area contributed by atoms with Crippen molar-refractivity contribution in [1.29, 1.82) is 0 Å². The lowest BCUT2D eigenvalue weighted by atomic mass is 9.76. The molecule has 5 atom stereocenters. The monoisotopic (exact) mass is 390 g/mol. The molecule has 0 radical (unpaired) electrons. The second kappa shape index (κ2) is 6.29. The molecule has 9 nitrogen and oxygen atoms in total. The van der Waals surface area contributed by atoms with Crippen LogP contribution in [0.1, 0.15) is 26.2 Å². The van der Waals surface area contributed by atoms with Crippen LogP contribution in [0.4, 0.5) is 0 Å². The lowest BCUT2D eigenvalue weighted by Gasteiger charge is -2.36. The van der Waals surface area contributed by atoms with Gasteiger partial charge in [-0.05, 0) is 26.2 Å². The number of aliphatic hydroxyl groups excluding tert-OH is 2. The summed E-state index contributed by atoms with van der Waals surface area (Å²) in [6, 6.07) is 0. The minimum atomic E-state index is -3.88. The molecule has 0 aromatic carbocycles. The molecule has 2 saturated carbocycles. The Bertz CT molecular complexity index is 745. The van der Waals surface area contributed by atoms with Gasteiger partial charge in [0.1, 0.15) is 12.2 Å². The molecule has 0 aromatic rings. The van der Waals surface area contributed by atoms with Gasteiger partial charge in [0, 0.05) is 23.0 Å². The van der Waals surface area contributed by atoms with Crippen molar-refractivity contribution in [1.82, 2.24) is 0 Å². The molecule has 1 saturated heterocycles. The van der Waals surface area contributed by atoms with Gasteiger partial charge in [0.15, 0.2) is 6.61 Å². The molecule has 2 aliphatic carbocycles. The zero-order valence-electron chi connectivity index (χ0n) is 14.3. The Balaban J connectivity index is 1.81. The van der Waals surface area contributed by atoms with E-state index in [1.807, 2.05) is 0 Å². The van der Waals surface area contributed by atoms with E-state index in [4.69, 9.17) is 13.7 Å². The van der Waals surface area contributed by atoms with Crippen LogP contribution in [0.2, 0.25) is 0 Å². The van der Waals surface area contributed by atoms with Gasteiger partial charge in [-0.25, -0.2) is 9.59 Å². The zero-order chi connectivity index (χ0) is 19.3. The predicted octanol–water partition coefficient (Wildman–Crippen LogP) is -0.730. The van der Waals surface area contributed by atoms with E-state index < -0.39 is 57.0 Å². The van der Waals surface area contributed by atoms with Gasteiger partial charge in [-0.15, -0.1) is 0 Å². The third-order valence-corrected chi connectivity index (χ3v) is 7.57. The number of aliphatic hydroxyl groups is 2. The van der Waals surface area contributed by atoms with Crippen molar-refractivity contribution < 1.29 is 41.9 Å². The molecular formula is C16H22O9S. The minimum Gasteiger partial charge on any atom is -0.456 e. The van der Waals surface area contributed by atoms with Gasteiger partial charge in [0.2, 0.25) is 0 Å². The van der Waals surface area contributed by atoms with Crippen molar-refractivity contribution >= 4 is 22.1 Å². The Kier molecular flexibility index (Phi) is 4.67. The summed E-state index contributed by atoms with van der Waals surface area (Å²) in [6.45, 7) is 3.55. The third-order valence-electron chi connectivity index (χ3n) is 5.77. The number of rotatable bonds is 7. The first-order chi connectivity index (χ1) is 12.1. The summed E-state index contributed by atoms with van der Waals surface area (Å²) in [7, 11) is -3.88. The predicted molar refractivity (Wildman–Crippen MR) is 86.1 cm³/mol. The first-order valence-corrected chi connectivity index (χ1v) is 9.75. The largest absolute Gasteiger partial charge is 0.456 e. The third kappa shape index (κ3) is 2.67. The molecule has 0 amide bonds. The van der Waals surface area contributed by atoms with Crippen molar-refractivity contribution in [3.05, 3.63) is 12.2 Å². The first-order valence-electron chi connectivity index (χ1n) is 8.28. The summed E-state index contributed by atoms with van der Waals surface area (Å²) in [5.74, 6) is -1.61. The number of hydrogen-bond donors (Lipinski definition) is 2. The summed E-state index contributed by atoms with van der Waals surface area (Å²) >= 11 is 0. The molecule has 0 spiro atoms. The average Bonchev–Trinajstić information content (AvgIpc) is 3.07. The van der Waals surface area contributed by atoms with Gasteiger partial charge in [-0.1, -0.05) is 6.58 Å². The molecule has 0 aromatic heterocycles. The number of hydrogen-bond acceptors (Lipinski definition) is 9. The van der Waals surface area contributed by atoms with E-state index in [0.29, 0.717) is 0 Å². The Hall–Kier alpha value is -1.49. The second-order valence-electron chi connectivity index (χ2n) is 7.37. The Morgan fingerprint density at radius 2 is 2.04 bits per heavy atom. The van der Waals surface area contributed by atoms with Crippen LogP contribution in [0, 0.1) is 10.8 Å². The lowest BCUT2D eigenvalue weighted by Crippen LogP contribution is -2.49. The van der Waals surface area contributed by atoms with Gasteiger partial charge in [-0.2, -0.15) is 8.42 Å². The zero-order valence-corrected chi connectivity index (χ0v) is 15.2. The molecule has 3 rings (SSSR count). The summed E-state index contributed by atoms with van der Waals surface area (Å²) < 4.78 is 40.0. The van der Waals surface area contributed by atoms with E-state index in [9.17, 15) is 28.2 Å². The molecule has 146 valence electrons. The molecule has 1 heterocycles. The van der Waals surface area contributed by atoms with Crippen LogP contribution in [0.5, 0.6) is 0 Å². The summed E-state index contributed by atoms with van der Waals surface area (Å²) in [5.41, 5.74) is -1.72. The number of ether oxygens (including phenoxy) is 2. The van der Waals surface area contributed by atoms with Crippen LogP contribution in [0.15, 0.2) is 12.2 Å². The van der Waals surface area contributed by atoms with Crippen LogP contribution in [-0.4, -0.2) is 67.8 Å². The fraction of sp³-hybridized carbons (Fsp3) is 0.750. The SMILES string of the molecule is C=C(C)C(=O)OCC(=O)OC1C2OS(=O)(=O)C3CC1(CO)CC23CCO. The molecule has 3 fully saturated rings. The number of carbonyl (C=O) groups excluding carboxylic acids is 2. The van der Waals surface area contributed by atoms with Crippen LogP contribution in [0.25, 0.3) is 0 Å². The standard InChI is InChI=1S/C16H22O9S/c1-9(2)14(20)23-6-11(19)24-12-13-16(3-4-17)7-15(12,8-18)5-10(16)26(21,22)25-13/h10,12-13,17-18H,1,3-8H2,2H3. The van der Waals surface area contributed by atoms with E-state index in [1.54, 1.807) is 0 Å². The van der Waals surface area contributed by atoms with Gasteiger partial charge in [0.05, 0.1) is 11.9 Å². The highest BCUT2D eigenvalue weighted by Crippen LogP contribution is 2.69.